The molecule has 120 valence electrons. The molecule has 6 nitrogen and oxygen atoms in total. The van der Waals surface area contributed by atoms with E-state index < -0.39 is 42.1 Å². The van der Waals surface area contributed by atoms with Gasteiger partial charge in [0.2, 0.25) is 0 Å². The van der Waals surface area contributed by atoms with Gasteiger partial charge in [0.25, 0.3) is 0 Å². The van der Waals surface area contributed by atoms with Crippen LogP contribution < -0.4 is 0 Å². The molecule has 22 heavy (non-hydrogen) atoms. The molecule has 1 fully saturated rings. The number of hydrogen-bond acceptors (Lipinski definition) is 5. The summed E-state index contributed by atoms with van der Waals surface area (Å²) in [5, 5.41) is 18.8. The smallest absolute Gasteiger partial charge is 0.333 e. The largest absolute Gasteiger partial charge is 0.479 e. The second-order valence-electron chi connectivity index (χ2n) is 4.99. The molecule has 0 spiro atoms. The zero-order valence-electron chi connectivity index (χ0n) is 11.5. The molecule has 1 unspecified atom stereocenters. The Labute approximate surface area is 124 Å². The van der Waals surface area contributed by atoms with E-state index in [-0.39, 0.29) is 5.56 Å². The molecule has 1 aromatic carbocycles. The van der Waals surface area contributed by atoms with E-state index in [1.54, 1.807) is 0 Å². The number of hydroxylamine groups is 2. The molecule has 0 aliphatic carbocycles. The van der Waals surface area contributed by atoms with Crippen molar-refractivity contribution >= 4 is 11.9 Å². The second kappa shape index (κ2) is 6.80. The molecule has 0 saturated carbocycles. The van der Waals surface area contributed by atoms with Gasteiger partial charge in [-0.15, -0.1) is 5.06 Å². The minimum atomic E-state index is -1.86. The number of aliphatic hydroxyl groups is 1. The van der Waals surface area contributed by atoms with Crippen molar-refractivity contribution in [2.45, 2.75) is 31.4 Å². The summed E-state index contributed by atoms with van der Waals surface area (Å²) in [5.74, 6) is -3.69. The number of hydrogen-bond donors (Lipinski definition) is 2. The van der Waals surface area contributed by atoms with Gasteiger partial charge in [0.1, 0.15) is 11.6 Å². The third kappa shape index (κ3) is 3.77. The van der Waals surface area contributed by atoms with E-state index in [9.17, 15) is 18.4 Å². The zero-order chi connectivity index (χ0) is 16.3. The molecule has 2 N–H and O–H groups in total. The fourth-order valence-electron chi connectivity index (χ4n) is 2.34. The van der Waals surface area contributed by atoms with Crippen molar-refractivity contribution in [3.05, 3.63) is 35.4 Å². The normalized spacial score (nSPS) is 19.9. The van der Waals surface area contributed by atoms with Crippen LogP contribution in [0.25, 0.3) is 0 Å². The molecule has 0 bridgehead atoms. The predicted molar refractivity (Wildman–Crippen MR) is 69.4 cm³/mol. The average Bonchev–Trinajstić information content (AvgIpc) is 2.89. The zero-order valence-corrected chi connectivity index (χ0v) is 11.5. The number of benzene rings is 1. The highest BCUT2D eigenvalue weighted by atomic mass is 19.1. The molecule has 2 atom stereocenters. The van der Waals surface area contributed by atoms with Crippen LogP contribution >= 0.6 is 0 Å². The van der Waals surface area contributed by atoms with E-state index in [4.69, 9.17) is 15.1 Å². The summed E-state index contributed by atoms with van der Waals surface area (Å²) in [5.41, 5.74) is 0.0732. The van der Waals surface area contributed by atoms with Crippen LogP contribution in [0.2, 0.25) is 0 Å². The lowest BCUT2D eigenvalue weighted by atomic mass is 10.0. The minimum Gasteiger partial charge on any atom is -0.479 e. The number of aliphatic hydroxyl groups excluding tert-OH is 1. The van der Waals surface area contributed by atoms with E-state index in [1.165, 1.54) is 5.06 Å². The van der Waals surface area contributed by atoms with Crippen molar-refractivity contribution in [2.75, 3.05) is 6.54 Å². The first-order chi connectivity index (χ1) is 10.4. The monoisotopic (exact) mass is 315 g/mol. The Bertz CT molecular complexity index is 580. The first kappa shape index (κ1) is 16.3. The van der Waals surface area contributed by atoms with Gasteiger partial charge < -0.3 is 15.1 Å². The minimum absolute atomic E-state index is 0.0732. The van der Waals surface area contributed by atoms with Gasteiger partial charge in [-0.3, -0.25) is 4.79 Å². The third-order valence-corrected chi connectivity index (χ3v) is 3.38. The van der Waals surface area contributed by atoms with Crippen LogP contribution in [-0.2, 0) is 14.4 Å². The predicted octanol–water partition coefficient (Wildman–Crippen LogP) is 1.40. The van der Waals surface area contributed by atoms with Crippen LogP contribution in [0, 0.1) is 11.6 Å². The van der Waals surface area contributed by atoms with E-state index >= 15 is 0 Å². The lowest BCUT2D eigenvalue weighted by Crippen LogP contribution is -2.31. The van der Waals surface area contributed by atoms with Gasteiger partial charge in [-0.2, -0.15) is 0 Å². The highest BCUT2D eigenvalue weighted by Crippen LogP contribution is 2.34. The molecule has 1 aliphatic heterocycles. The number of carboxylic acid groups (broad SMARTS) is 1. The van der Waals surface area contributed by atoms with Gasteiger partial charge in [-0.05, 0) is 31.0 Å². The van der Waals surface area contributed by atoms with Crippen LogP contribution in [0.4, 0.5) is 8.78 Å². The molecule has 1 heterocycles. The van der Waals surface area contributed by atoms with Crippen molar-refractivity contribution in [3.8, 4) is 0 Å². The summed E-state index contributed by atoms with van der Waals surface area (Å²) in [6.07, 6.45) is -1.51. The Morgan fingerprint density at radius 1 is 1.41 bits per heavy atom. The fraction of sp³-hybridized carbons (Fsp3) is 0.429. The van der Waals surface area contributed by atoms with Gasteiger partial charge >= 0.3 is 11.9 Å². The Kier molecular flexibility index (Phi) is 5.04. The molecule has 0 aromatic heterocycles. The summed E-state index contributed by atoms with van der Waals surface area (Å²) in [7, 11) is 0. The Morgan fingerprint density at radius 2 is 2.14 bits per heavy atom. The second-order valence-corrected chi connectivity index (χ2v) is 4.99. The average molecular weight is 315 g/mol. The van der Waals surface area contributed by atoms with Crippen LogP contribution in [-0.4, -0.2) is 39.9 Å². The molecule has 1 saturated heterocycles. The maximum absolute atomic E-state index is 13.8. The highest BCUT2D eigenvalue weighted by Gasteiger charge is 2.32. The van der Waals surface area contributed by atoms with Crippen molar-refractivity contribution in [2.24, 2.45) is 0 Å². The lowest BCUT2D eigenvalue weighted by Gasteiger charge is -2.24. The maximum Gasteiger partial charge on any atom is 0.333 e. The number of nitrogens with zero attached hydrogens (tertiary/aromatic N) is 1. The van der Waals surface area contributed by atoms with Gasteiger partial charge in [0.05, 0.1) is 12.5 Å². The fourth-order valence-corrected chi connectivity index (χ4v) is 2.34. The highest BCUT2D eigenvalue weighted by molar-refractivity contribution is 5.80. The molecule has 0 amide bonds. The third-order valence-electron chi connectivity index (χ3n) is 3.38. The van der Waals surface area contributed by atoms with Crippen molar-refractivity contribution in [1.29, 1.82) is 0 Å². The van der Waals surface area contributed by atoms with Crippen LogP contribution in [0.1, 0.15) is 30.9 Å². The summed E-state index contributed by atoms with van der Waals surface area (Å²) >= 11 is 0. The summed E-state index contributed by atoms with van der Waals surface area (Å²) in [6, 6.07) is 2.39. The standard InChI is InChI=1S/C14H15F2NO5/c15-8-3-4-10(16)9(6-8)11-2-1-5-17(11)22-13(19)7-12(18)14(20)21/h3-4,6,11-12,18H,1-2,5,7H2,(H,20,21)/t11?,12-/m1/s1. The first-order valence-corrected chi connectivity index (χ1v) is 6.71. The number of aliphatic carboxylic acids is 1. The van der Waals surface area contributed by atoms with Gasteiger partial charge in [0.15, 0.2) is 6.10 Å². The SMILES string of the molecule is O=C(C[C@@H](O)C(=O)O)ON1CCCC1c1cc(F)ccc1F. The van der Waals surface area contributed by atoms with E-state index in [0.29, 0.717) is 19.4 Å². The van der Waals surface area contributed by atoms with Crippen molar-refractivity contribution in [3.63, 3.8) is 0 Å². The number of rotatable bonds is 5. The van der Waals surface area contributed by atoms with Gasteiger partial charge in [0, 0.05) is 12.1 Å². The van der Waals surface area contributed by atoms with Gasteiger partial charge in [-0.1, -0.05) is 0 Å². The molecule has 2 rings (SSSR count). The Morgan fingerprint density at radius 3 is 2.82 bits per heavy atom. The number of carbonyl (C=O) groups excluding carboxylic acids is 1. The maximum atomic E-state index is 13.8. The quantitative estimate of drug-likeness (QED) is 0.854. The van der Waals surface area contributed by atoms with E-state index in [0.717, 1.165) is 18.2 Å². The van der Waals surface area contributed by atoms with Crippen molar-refractivity contribution < 1.29 is 33.4 Å². The summed E-state index contributed by atoms with van der Waals surface area (Å²) in [6.45, 7) is 0.315. The number of halogens is 2. The Balaban J connectivity index is 2.06. The summed E-state index contributed by atoms with van der Waals surface area (Å²) in [4.78, 5) is 27.0. The van der Waals surface area contributed by atoms with Crippen molar-refractivity contribution in [1.82, 2.24) is 5.06 Å². The Hall–Kier alpha value is -2.06. The van der Waals surface area contributed by atoms with E-state index in [1.807, 2.05) is 0 Å². The van der Waals surface area contributed by atoms with Crippen LogP contribution in [0.15, 0.2) is 18.2 Å². The topological polar surface area (TPSA) is 87.1 Å². The molecular weight excluding hydrogens is 300 g/mol. The van der Waals surface area contributed by atoms with Gasteiger partial charge in [-0.25, -0.2) is 13.6 Å². The number of carboxylic acids is 1. The summed E-state index contributed by atoms with van der Waals surface area (Å²) < 4.78 is 27.1. The van der Waals surface area contributed by atoms with Crippen LogP contribution in [0.5, 0.6) is 0 Å². The number of carbonyl (C=O) groups is 2. The molecule has 1 aliphatic rings. The molecular formula is C14H15F2NO5. The molecule has 1 aromatic rings. The van der Waals surface area contributed by atoms with E-state index in [2.05, 4.69) is 0 Å². The molecule has 8 heteroatoms. The molecule has 0 radical (unpaired) electrons. The van der Waals surface area contributed by atoms with Crippen LogP contribution in [0.3, 0.4) is 0 Å². The first-order valence-electron chi connectivity index (χ1n) is 6.71. The lowest BCUT2D eigenvalue weighted by molar-refractivity contribution is -0.198.